The molecule has 1 saturated heterocycles. The second-order valence-corrected chi connectivity index (χ2v) is 4.85. The number of pyridine rings is 1. The number of aromatic nitrogens is 1. The summed E-state index contributed by atoms with van der Waals surface area (Å²) in [6, 6.07) is 1.90. The molecule has 2 heterocycles. The van der Waals surface area contributed by atoms with Crippen LogP contribution in [0.25, 0.3) is 0 Å². The van der Waals surface area contributed by atoms with Gasteiger partial charge in [0.2, 0.25) is 0 Å². The summed E-state index contributed by atoms with van der Waals surface area (Å²) >= 11 is 0. The van der Waals surface area contributed by atoms with E-state index in [1.54, 1.807) is 6.20 Å². The summed E-state index contributed by atoms with van der Waals surface area (Å²) in [7, 11) is 0. The minimum atomic E-state index is 0.0955. The maximum Gasteiger partial charge on any atom is 0.0703 e. The average molecular weight is 220 g/mol. The van der Waals surface area contributed by atoms with Crippen molar-refractivity contribution in [3.8, 4) is 0 Å². The molecule has 3 nitrogen and oxygen atoms in total. The Morgan fingerprint density at radius 2 is 2.25 bits per heavy atom. The van der Waals surface area contributed by atoms with Gasteiger partial charge in [-0.25, -0.2) is 0 Å². The predicted octanol–water partition coefficient (Wildman–Crippen LogP) is 2.06. The average Bonchev–Trinajstić information content (AvgIpc) is 2.32. The van der Waals surface area contributed by atoms with E-state index in [0.717, 1.165) is 30.3 Å². The van der Waals surface area contributed by atoms with Crippen LogP contribution in [0.5, 0.6) is 0 Å². The van der Waals surface area contributed by atoms with Gasteiger partial charge < -0.3 is 10.0 Å². The molecule has 88 valence electrons. The standard InChI is InChI=1S/C13H20N2O/c1-10-4-6-15(8-11(10)2)13-7-14-5-3-12(13)9-16/h3,5,7,10-11,16H,4,6,8-9H2,1-2H3. The molecule has 1 aromatic heterocycles. The first-order chi connectivity index (χ1) is 7.72. The zero-order valence-corrected chi connectivity index (χ0v) is 10.1. The highest BCUT2D eigenvalue weighted by molar-refractivity contribution is 5.51. The lowest BCUT2D eigenvalue weighted by Gasteiger charge is -2.37. The SMILES string of the molecule is CC1CCN(c2cnccc2CO)CC1C. The summed E-state index contributed by atoms with van der Waals surface area (Å²) in [5, 5.41) is 9.31. The van der Waals surface area contributed by atoms with Crippen LogP contribution in [0.3, 0.4) is 0 Å². The fourth-order valence-corrected chi connectivity index (χ4v) is 2.32. The van der Waals surface area contributed by atoms with Gasteiger partial charge >= 0.3 is 0 Å². The summed E-state index contributed by atoms with van der Waals surface area (Å²) < 4.78 is 0. The number of aliphatic hydroxyl groups is 1. The molecule has 0 aliphatic carbocycles. The predicted molar refractivity (Wildman–Crippen MR) is 65.3 cm³/mol. The van der Waals surface area contributed by atoms with Crippen molar-refractivity contribution in [3.63, 3.8) is 0 Å². The van der Waals surface area contributed by atoms with Gasteiger partial charge in [0.05, 0.1) is 18.5 Å². The summed E-state index contributed by atoms with van der Waals surface area (Å²) in [5.74, 6) is 1.51. The van der Waals surface area contributed by atoms with E-state index in [0.29, 0.717) is 5.92 Å². The lowest BCUT2D eigenvalue weighted by Crippen LogP contribution is -2.38. The molecule has 2 rings (SSSR count). The van der Waals surface area contributed by atoms with E-state index < -0.39 is 0 Å². The first-order valence-electron chi connectivity index (χ1n) is 6.01. The summed E-state index contributed by atoms with van der Waals surface area (Å²) in [4.78, 5) is 6.51. The molecular formula is C13H20N2O. The van der Waals surface area contributed by atoms with Crippen molar-refractivity contribution < 1.29 is 5.11 Å². The van der Waals surface area contributed by atoms with Crippen LogP contribution in [0, 0.1) is 11.8 Å². The molecule has 0 bridgehead atoms. The Kier molecular flexibility index (Phi) is 3.44. The molecule has 3 heteroatoms. The minimum Gasteiger partial charge on any atom is -0.392 e. The zero-order chi connectivity index (χ0) is 11.5. The quantitative estimate of drug-likeness (QED) is 0.828. The Morgan fingerprint density at radius 3 is 2.94 bits per heavy atom. The molecule has 2 atom stereocenters. The summed E-state index contributed by atoms with van der Waals surface area (Å²) in [5.41, 5.74) is 2.08. The second-order valence-electron chi connectivity index (χ2n) is 4.85. The van der Waals surface area contributed by atoms with Gasteiger partial charge in [-0.1, -0.05) is 13.8 Å². The van der Waals surface area contributed by atoms with Crippen LogP contribution in [-0.4, -0.2) is 23.2 Å². The molecule has 1 fully saturated rings. The molecule has 2 unspecified atom stereocenters. The summed E-state index contributed by atoms with van der Waals surface area (Å²) in [6.45, 7) is 6.85. The number of anilines is 1. The van der Waals surface area contributed by atoms with Gasteiger partial charge in [-0.3, -0.25) is 4.98 Å². The molecule has 1 aliphatic heterocycles. The van der Waals surface area contributed by atoms with Crippen LogP contribution >= 0.6 is 0 Å². The number of piperidine rings is 1. The van der Waals surface area contributed by atoms with Crippen LogP contribution in [0.1, 0.15) is 25.8 Å². The van der Waals surface area contributed by atoms with Gasteiger partial charge in [0.1, 0.15) is 0 Å². The van der Waals surface area contributed by atoms with Crippen molar-refractivity contribution in [2.75, 3.05) is 18.0 Å². The van der Waals surface area contributed by atoms with Gasteiger partial charge in [-0.15, -0.1) is 0 Å². The molecule has 1 aromatic rings. The molecule has 0 saturated carbocycles. The van der Waals surface area contributed by atoms with Gasteiger partial charge in [0.25, 0.3) is 0 Å². The van der Waals surface area contributed by atoms with Gasteiger partial charge in [-0.05, 0) is 24.3 Å². The molecule has 0 radical (unpaired) electrons. The third kappa shape index (κ3) is 2.19. The highest BCUT2D eigenvalue weighted by Gasteiger charge is 2.23. The van der Waals surface area contributed by atoms with Crippen LogP contribution < -0.4 is 4.90 Å². The van der Waals surface area contributed by atoms with E-state index >= 15 is 0 Å². The maximum absolute atomic E-state index is 9.31. The number of aliphatic hydroxyl groups excluding tert-OH is 1. The van der Waals surface area contributed by atoms with Crippen LogP contribution in [0.2, 0.25) is 0 Å². The van der Waals surface area contributed by atoms with Crippen LogP contribution in [0.15, 0.2) is 18.5 Å². The van der Waals surface area contributed by atoms with Crippen molar-refractivity contribution in [2.45, 2.75) is 26.9 Å². The van der Waals surface area contributed by atoms with E-state index in [4.69, 9.17) is 0 Å². The Morgan fingerprint density at radius 1 is 1.44 bits per heavy atom. The van der Waals surface area contributed by atoms with Crippen LogP contribution in [0.4, 0.5) is 5.69 Å². The third-order valence-electron chi connectivity index (χ3n) is 3.73. The van der Waals surface area contributed by atoms with Crippen molar-refractivity contribution in [1.82, 2.24) is 4.98 Å². The maximum atomic E-state index is 9.31. The monoisotopic (exact) mass is 220 g/mol. The fraction of sp³-hybridized carbons (Fsp3) is 0.615. The molecule has 1 N–H and O–H groups in total. The van der Waals surface area contributed by atoms with Crippen LogP contribution in [-0.2, 0) is 6.61 Å². The topological polar surface area (TPSA) is 36.4 Å². The van der Waals surface area contributed by atoms with Gasteiger partial charge in [0.15, 0.2) is 0 Å². The molecular weight excluding hydrogens is 200 g/mol. The molecule has 0 amide bonds. The van der Waals surface area contributed by atoms with Gasteiger partial charge in [0, 0.05) is 24.8 Å². The molecule has 1 aliphatic rings. The number of hydrogen-bond acceptors (Lipinski definition) is 3. The lowest BCUT2D eigenvalue weighted by atomic mass is 9.88. The van der Waals surface area contributed by atoms with Crippen molar-refractivity contribution in [1.29, 1.82) is 0 Å². The first-order valence-corrected chi connectivity index (χ1v) is 6.01. The smallest absolute Gasteiger partial charge is 0.0703 e. The lowest BCUT2D eigenvalue weighted by molar-refractivity contribution is 0.280. The fourth-order valence-electron chi connectivity index (χ4n) is 2.32. The van der Waals surface area contributed by atoms with E-state index in [1.165, 1.54) is 6.42 Å². The third-order valence-corrected chi connectivity index (χ3v) is 3.73. The van der Waals surface area contributed by atoms with Crippen molar-refractivity contribution in [3.05, 3.63) is 24.0 Å². The highest BCUT2D eigenvalue weighted by atomic mass is 16.3. The zero-order valence-electron chi connectivity index (χ0n) is 10.1. The van der Waals surface area contributed by atoms with Crippen molar-refractivity contribution >= 4 is 5.69 Å². The van der Waals surface area contributed by atoms with E-state index in [1.807, 2.05) is 12.3 Å². The second kappa shape index (κ2) is 4.83. The Bertz CT molecular complexity index is 354. The number of nitrogens with zero attached hydrogens (tertiary/aromatic N) is 2. The van der Waals surface area contributed by atoms with Crippen molar-refractivity contribution in [2.24, 2.45) is 11.8 Å². The van der Waals surface area contributed by atoms with Gasteiger partial charge in [-0.2, -0.15) is 0 Å². The molecule has 0 aromatic carbocycles. The van der Waals surface area contributed by atoms with E-state index in [9.17, 15) is 5.11 Å². The number of rotatable bonds is 2. The van der Waals surface area contributed by atoms with E-state index in [-0.39, 0.29) is 6.61 Å². The normalized spacial score (nSPS) is 25.8. The van der Waals surface area contributed by atoms with E-state index in [2.05, 4.69) is 23.7 Å². The Labute approximate surface area is 97.1 Å². The summed E-state index contributed by atoms with van der Waals surface area (Å²) in [6.07, 6.45) is 4.83. The molecule has 16 heavy (non-hydrogen) atoms. The minimum absolute atomic E-state index is 0.0955. The Hall–Kier alpha value is -1.09. The Balaban J connectivity index is 2.18. The number of hydrogen-bond donors (Lipinski definition) is 1. The first kappa shape index (κ1) is 11.4. The highest BCUT2D eigenvalue weighted by Crippen LogP contribution is 2.28. The molecule has 0 spiro atoms. The largest absolute Gasteiger partial charge is 0.392 e.